The third kappa shape index (κ3) is 5.72. The fourth-order valence-corrected chi connectivity index (χ4v) is 2.38. The van der Waals surface area contributed by atoms with Gasteiger partial charge in [0, 0.05) is 20.1 Å². The van der Waals surface area contributed by atoms with Crippen molar-refractivity contribution in [1.29, 1.82) is 0 Å². The molecule has 2 aromatic rings. The molecule has 6 heteroatoms. The maximum Gasteiger partial charge on any atom is 0.315 e. The number of benzene rings is 1. The molecule has 6 nitrogen and oxygen atoms in total. The third-order valence-electron chi connectivity index (χ3n) is 3.56. The first-order chi connectivity index (χ1) is 11.6. The molecule has 130 valence electrons. The van der Waals surface area contributed by atoms with Gasteiger partial charge in [0.25, 0.3) is 0 Å². The van der Waals surface area contributed by atoms with E-state index in [1.54, 1.807) is 7.11 Å². The largest absolute Gasteiger partial charge is 0.464 e. The van der Waals surface area contributed by atoms with Crippen LogP contribution in [0.25, 0.3) is 0 Å². The van der Waals surface area contributed by atoms with Crippen molar-refractivity contribution in [2.45, 2.75) is 25.5 Å². The van der Waals surface area contributed by atoms with Gasteiger partial charge in [-0.25, -0.2) is 4.79 Å². The van der Waals surface area contributed by atoms with Crippen molar-refractivity contribution in [3.8, 4) is 0 Å². The van der Waals surface area contributed by atoms with E-state index in [4.69, 9.17) is 9.15 Å². The van der Waals surface area contributed by atoms with Crippen LogP contribution < -0.4 is 10.6 Å². The van der Waals surface area contributed by atoms with E-state index in [0.29, 0.717) is 18.8 Å². The van der Waals surface area contributed by atoms with Crippen LogP contribution in [-0.2, 0) is 11.2 Å². The SMILES string of the molecule is COCC(NC(=O)NCC(O)Cc1ccccc1)c1ccc(C)o1. The lowest BCUT2D eigenvalue weighted by atomic mass is 10.1. The molecule has 2 amide bonds. The summed E-state index contributed by atoms with van der Waals surface area (Å²) in [5.74, 6) is 1.40. The highest BCUT2D eigenvalue weighted by molar-refractivity contribution is 5.74. The average molecular weight is 332 g/mol. The summed E-state index contributed by atoms with van der Waals surface area (Å²) in [7, 11) is 1.56. The Labute approximate surface area is 141 Å². The van der Waals surface area contributed by atoms with Gasteiger partial charge in [-0.2, -0.15) is 0 Å². The molecular formula is C18H24N2O4. The fraction of sp³-hybridized carbons (Fsp3) is 0.389. The number of carbonyl (C=O) groups is 1. The zero-order chi connectivity index (χ0) is 17.4. The van der Waals surface area contributed by atoms with Crippen LogP contribution in [0.2, 0.25) is 0 Å². The first kappa shape index (κ1) is 18.0. The molecule has 0 aliphatic heterocycles. The molecular weight excluding hydrogens is 308 g/mol. The Morgan fingerprint density at radius 3 is 2.62 bits per heavy atom. The minimum Gasteiger partial charge on any atom is -0.464 e. The zero-order valence-electron chi connectivity index (χ0n) is 14.0. The number of aliphatic hydroxyl groups excluding tert-OH is 1. The van der Waals surface area contributed by atoms with E-state index in [9.17, 15) is 9.90 Å². The van der Waals surface area contributed by atoms with Gasteiger partial charge in [0.05, 0.1) is 12.7 Å². The first-order valence-electron chi connectivity index (χ1n) is 7.90. The normalized spacial score (nSPS) is 13.3. The number of urea groups is 1. The summed E-state index contributed by atoms with van der Waals surface area (Å²) in [4.78, 5) is 12.0. The fourth-order valence-electron chi connectivity index (χ4n) is 2.38. The zero-order valence-corrected chi connectivity index (χ0v) is 14.0. The lowest BCUT2D eigenvalue weighted by Crippen LogP contribution is -2.42. The van der Waals surface area contributed by atoms with Crippen LogP contribution >= 0.6 is 0 Å². The van der Waals surface area contributed by atoms with Gasteiger partial charge in [-0.15, -0.1) is 0 Å². The summed E-state index contributed by atoms with van der Waals surface area (Å²) in [5, 5.41) is 15.5. The molecule has 0 aliphatic carbocycles. The van der Waals surface area contributed by atoms with E-state index >= 15 is 0 Å². The van der Waals surface area contributed by atoms with Crippen LogP contribution in [0.1, 0.15) is 23.1 Å². The molecule has 0 fully saturated rings. The number of amides is 2. The van der Waals surface area contributed by atoms with Crippen molar-refractivity contribution >= 4 is 6.03 Å². The second kappa shape index (κ2) is 9.10. The molecule has 2 atom stereocenters. The molecule has 1 aromatic heterocycles. The van der Waals surface area contributed by atoms with Gasteiger partial charge in [0.2, 0.25) is 0 Å². The summed E-state index contributed by atoms with van der Waals surface area (Å²) in [6.07, 6.45) is -0.162. The second-order valence-corrected chi connectivity index (χ2v) is 5.65. The molecule has 0 saturated carbocycles. The molecule has 2 rings (SSSR count). The van der Waals surface area contributed by atoms with Crippen molar-refractivity contribution < 1.29 is 19.1 Å². The van der Waals surface area contributed by atoms with Crippen molar-refractivity contribution in [2.24, 2.45) is 0 Å². The summed E-state index contributed by atoms with van der Waals surface area (Å²) >= 11 is 0. The first-order valence-corrected chi connectivity index (χ1v) is 7.90. The maximum absolute atomic E-state index is 12.0. The van der Waals surface area contributed by atoms with E-state index < -0.39 is 6.10 Å². The maximum atomic E-state index is 12.0. The molecule has 1 aromatic carbocycles. The molecule has 0 spiro atoms. The monoisotopic (exact) mass is 332 g/mol. The number of carbonyl (C=O) groups excluding carboxylic acids is 1. The third-order valence-corrected chi connectivity index (χ3v) is 3.56. The van der Waals surface area contributed by atoms with Gasteiger partial charge >= 0.3 is 6.03 Å². The molecule has 0 radical (unpaired) electrons. The van der Waals surface area contributed by atoms with Crippen molar-refractivity contribution in [3.63, 3.8) is 0 Å². The van der Waals surface area contributed by atoms with Crippen LogP contribution in [0.5, 0.6) is 0 Å². The Kier molecular flexibility index (Phi) is 6.84. The average Bonchev–Trinajstić information content (AvgIpc) is 3.00. The molecule has 0 saturated heterocycles. The molecule has 3 N–H and O–H groups in total. The molecule has 0 bridgehead atoms. The van der Waals surface area contributed by atoms with Gasteiger partial charge in [-0.3, -0.25) is 0 Å². The predicted octanol–water partition coefficient (Wildman–Crippen LogP) is 2.18. The van der Waals surface area contributed by atoms with Crippen LogP contribution in [0.15, 0.2) is 46.9 Å². The van der Waals surface area contributed by atoms with Gasteiger partial charge in [-0.1, -0.05) is 30.3 Å². The highest BCUT2D eigenvalue weighted by Crippen LogP contribution is 2.16. The Hall–Kier alpha value is -2.31. The number of furan rings is 1. The lowest BCUT2D eigenvalue weighted by Gasteiger charge is -2.17. The summed E-state index contributed by atoms with van der Waals surface area (Å²) in [6, 6.07) is 12.5. The summed E-state index contributed by atoms with van der Waals surface area (Å²) in [5.41, 5.74) is 1.02. The highest BCUT2D eigenvalue weighted by Gasteiger charge is 2.18. The van der Waals surface area contributed by atoms with E-state index in [2.05, 4.69) is 10.6 Å². The lowest BCUT2D eigenvalue weighted by molar-refractivity contribution is 0.151. The van der Waals surface area contributed by atoms with Gasteiger partial charge in [0.1, 0.15) is 17.6 Å². The Balaban J connectivity index is 1.80. The Morgan fingerprint density at radius 1 is 1.25 bits per heavy atom. The number of aryl methyl sites for hydroxylation is 1. The molecule has 0 aliphatic rings. The molecule has 24 heavy (non-hydrogen) atoms. The number of rotatable bonds is 8. The predicted molar refractivity (Wildman–Crippen MR) is 90.7 cm³/mol. The molecule has 2 unspecified atom stereocenters. The minimum absolute atomic E-state index is 0.164. The number of hydrogen-bond donors (Lipinski definition) is 3. The Bertz CT molecular complexity index is 627. The smallest absolute Gasteiger partial charge is 0.315 e. The van der Waals surface area contributed by atoms with E-state index in [-0.39, 0.29) is 18.6 Å². The Morgan fingerprint density at radius 2 is 2.00 bits per heavy atom. The number of nitrogens with one attached hydrogen (secondary N) is 2. The van der Waals surface area contributed by atoms with E-state index in [0.717, 1.165) is 11.3 Å². The van der Waals surface area contributed by atoms with Crippen molar-refractivity contribution in [3.05, 3.63) is 59.5 Å². The quantitative estimate of drug-likeness (QED) is 0.692. The summed E-state index contributed by atoms with van der Waals surface area (Å²) < 4.78 is 10.7. The summed E-state index contributed by atoms with van der Waals surface area (Å²) in [6.45, 7) is 2.30. The van der Waals surface area contributed by atoms with Gasteiger partial charge in [0.15, 0.2) is 0 Å². The van der Waals surface area contributed by atoms with E-state index in [1.165, 1.54) is 0 Å². The van der Waals surface area contributed by atoms with Gasteiger partial charge in [-0.05, 0) is 24.6 Å². The van der Waals surface area contributed by atoms with E-state index in [1.807, 2.05) is 49.4 Å². The van der Waals surface area contributed by atoms with Crippen LogP contribution in [0.3, 0.4) is 0 Å². The number of ether oxygens (including phenoxy) is 1. The topological polar surface area (TPSA) is 83.7 Å². The minimum atomic E-state index is -0.648. The standard InChI is InChI=1S/C18H24N2O4/c1-13-8-9-17(24-13)16(12-23-2)20-18(22)19-11-15(21)10-14-6-4-3-5-7-14/h3-9,15-16,21H,10-12H2,1-2H3,(H2,19,20,22). The van der Waals surface area contributed by atoms with Gasteiger partial charge < -0.3 is 24.9 Å². The van der Waals surface area contributed by atoms with Crippen LogP contribution in [0, 0.1) is 6.92 Å². The molecule has 1 heterocycles. The second-order valence-electron chi connectivity index (χ2n) is 5.65. The van der Waals surface area contributed by atoms with Crippen LogP contribution in [-0.4, -0.2) is 37.5 Å². The highest BCUT2D eigenvalue weighted by atomic mass is 16.5. The number of methoxy groups -OCH3 is 1. The van der Waals surface area contributed by atoms with Crippen LogP contribution in [0.4, 0.5) is 4.79 Å². The van der Waals surface area contributed by atoms with Crippen molar-refractivity contribution in [1.82, 2.24) is 10.6 Å². The number of aliphatic hydroxyl groups is 1. The van der Waals surface area contributed by atoms with Crippen molar-refractivity contribution in [2.75, 3.05) is 20.3 Å². The number of hydrogen-bond acceptors (Lipinski definition) is 4.